The van der Waals surface area contributed by atoms with Gasteiger partial charge in [0.1, 0.15) is 6.73 Å². The van der Waals surface area contributed by atoms with Gasteiger partial charge in [0.15, 0.2) is 0 Å². The van der Waals surface area contributed by atoms with Gasteiger partial charge >= 0.3 is 0 Å². The minimum Gasteiger partial charge on any atom is -0.364 e. The van der Waals surface area contributed by atoms with E-state index in [1.165, 1.54) is 12.0 Å². The van der Waals surface area contributed by atoms with Crippen molar-refractivity contribution in [3.8, 4) is 0 Å². The Bertz CT molecular complexity index is 475. The Morgan fingerprint density at radius 2 is 1.81 bits per heavy atom. The molecule has 21 heavy (non-hydrogen) atoms. The van der Waals surface area contributed by atoms with Crippen LogP contribution in [0.4, 0.5) is 5.69 Å². The number of anilines is 1. The third-order valence-electron chi connectivity index (χ3n) is 3.08. The van der Waals surface area contributed by atoms with E-state index in [0.717, 1.165) is 29.7 Å². The molecule has 0 aromatic heterocycles. The van der Waals surface area contributed by atoms with Gasteiger partial charge in [-0.25, -0.2) is 0 Å². The lowest BCUT2D eigenvalue weighted by Gasteiger charge is -2.30. The normalized spacial score (nSPS) is 11.5. The summed E-state index contributed by atoms with van der Waals surface area (Å²) < 4.78 is 3.40. The van der Waals surface area contributed by atoms with E-state index in [2.05, 4.69) is 0 Å². The topological polar surface area (TPSA) is 29.5 Å². The van der Waals surface area contributed by atoms with Gasteiger partial charge in [-0.1, -0.05) is 55.2 Å². The molecule has 0 saturated carbocycles. The molecule has 0 aliphatic heterocycles. The number of hydrogen-bond donors (Lipinski definition) is 0. The van der Waals surface area contributed by atoms with Crippen LogP contribution in [-0.2, 0) is 22.4 Å². The molecule has 0 bridgehead atoms. The molecule has 0 saturated heterocycles. The molecule has 1 aromatic carbocycles. The standard InChI is InChI=1S/C14H18Cl3NO2S/c1-4-10-7-6-8-11(5-2)12(10)18(9-20-3)13(19)14(15,16)21-17/h6-8H,4-5,9H2,1-3H3. The van der Waals surface area contributed by atoms with Crippen LogP contribution in [0, 0.1) is 0 Å². The van der Waals surface area contributed by atoms with Crippen LogP contribution in [0.2, 0.25) is 0 Å². The second-order valence-electron chi connectivity index (χ2n) is 4.38. The Hall–Kier alpha value is -0.130. The number of rotatable bonds is 7. The molecule has 0 atom stereocenters. The van der Waals surface area contributed by atoms with Crippen LogP contribution in [-0.4, -0.2) is 23.4 Å². The van der Waals surface area contributed by atoms with Gasteiger partial charge < -0.3 is 4.74 Å². The van der Waals surface area contributed by atoms with Crippen molar-refractivity contribution in [2.75, 3.05) is 18.7 Å². The zero-order chi connectivity index (χ0) is 16.0. The van der Waals surface area contributed by atoms with E-state index in [9.17, 15) is 4.79 Å². The molecule has 0 unspecified atom stereocenters. The maximum atomic E-state index is 12.6. The molecule has 0 aliphatic carbocycles. The Kier molecular flexibility index (Phi) is 7.65. The number of para-hydroxylation sites is 1. The summed E-state index contributed by atoms with van der Waals surface area (Å²) >= 11 is 12.0. The van der Waals surface area contributed by atoms with E-state index < -0.39 is 9.57 Å². The third-order valence-corrected chi connectivity index (χ3v) is 5.41. The molecule has 1 aromatic rings. The number of halogens is 3. The molecule has 1 rings (SSSR count). The third kappa shape index (κ3) is 4.42. The summed E-state index contributed by atoms with van der Waals surface area (Å²) in [6.45, 7) is 4.11. The molecule has 0 radical (unpaired) electrons. The van der Waals surface area contributed by atoms with Gasteiger partial charge in [-0.05, 0) is 45.6 Å². The average Bonchev–Trinajstić information content (AvgIpc) is 2.51. The number of carbonyl (C=O) groups excluding carboxylic acids is 1. The van der Waals surface area contributed by atoms with Gasteiger partial charge in [0.2, 0.25) is 0 Å². The second kappa shape index (κ2) is 8.49. The van der Waals surface area contributed by atoms with Gasteiger partial charge in [-0.3, -0.25) is 9.69 Å². The minimum absolute atomic E-state index is 0.0570. The number of alkyl halides is 2. The second-order valence-corrected chi connectivity index (χ2v) is 7.38. The molecule has 7 heteroatoms. The lowest BCUT2D eigenvalue weighted by Crippen LogP contribution is -2.42. The number of carbonyl (C=O) groups is 1. The highest BCUT2D eigenvalue weighted by molar-refractivity contribution is 8.24. The molecule has 3 nitrogen and oxygen atoms in total. The van der Waals surface area contributed by atoms with E-state index in [0.29, 0.717) is 11.0 Å². The van der Waals surface area contributed by atoms with Crippen molar-refractivity contribution >= 4 is 56.5 Å². The molecule has 0 spiro atoms. The smallest absolute Gasteiger partial charge is 0.277 e. The minimum atomic E-state index is -1.76. The largest absolute Gasteiger partial charge is 0.364 e. The summed E-state index contributed by atoms with van der Waals surface area (Å²) in [7, 11) is 7.71. The average molecular weight is 371 g/mol. The first kappa shape index (κ1) is 18.9. The molecular formula is C14H18Cl3NO2S. The van der Waals surface area contributed by atoms with Crippen molar-refractivity contribution in [1.29, 1.82) is 0 Å². The predicted octanol–water partition coefficient (Wildman–Crippen LogP) is 4.77. The zero-order valence-corrected chi connectivity index (χ0v) is 15.2. The maximum absolute atomic E-state index is 12.6. The number of methoxy groups -OCH3 is 1. The first-order chi connectivity index (χ1) is 9.92. The summed E-state index contributed by atoms with van der Waals surface area (Å²) in [4.78, 5) is 14.1. The number of hydrogen-bond acceptors (Lipinski definition) is 3. The van der Waals surface area contributed by atoms with Crippen LogP contribution in [0.3, 0.4) is 0 Å². The van der Waals surface area contributed by atoms with E-state index in [-0.39, 0.29) is 6.73 Å². The molecule has 0 heterocycles. The van der Waals surface area contributed by atoms with Crippen LogP contribution < -0.4 is 4.90 Å². The van der Waals surface area contributed by atoms with E-state index in [1.54, 1.807) is 0 Å². The molecule has 0 aliphatic rings. The fourth-order valence-electron chi connectivity index (χ4n) is 2.11. The number of aryl methyl sites for hydroxylation is 2. The Morgan fingerprint density at radius 1 is 1.29 bits per heavy atom. The Morgan fingerprint density at radius 3 is 2.19 bits per heavy atom. The van der Waals surface area contributed by atoms with Gasteiger partial charge in [-0.15, -0.1) is 0 Å². The quantitative estimate of drug-likeness (QED) is 0.511. The summed E-state index contributed by atoms with van der Waals surface area (Å²) in [5.41, 5.74) is 2.86. The Balaban J connectivity index is 3.38. The van der Waals surface area contributed by atoms with Gasteiger partial charge in [-0.2, -0.15) is 0 Å². The van der Waals surface area contributed by atoms with Crippen LogP contribution in [0.1, 0.15) is 25.0 Å². The Labute approximate surface area is 144 Å². The lowest BCUT2D eigenvalue weighted by atomic mass is 10.0. The van der Waals surface area contributed by atoms with E-state index in [4.69, 9.17) is 38.6 Å². The fourth-order valence-corrected chi connectivity index (χ4v) is 2.68. The highest BCUT2D eigenvalue weighted by Gasteiger charge is 2.39. The SMILES string of the molecule is CCc1cccc(CC)c1N(COC)C(=O)C(Cl)(Cl)SCl. The van der Waals surface area contributed by atoms with Gasteiger partial charge in [0.05, 0.1) is 5.69 Å². The zero-order valence-electron chi connectivity index (χ0n) is 12.2. The molecule has 0 N–H and O–H groups in total. The number of nitrogens with zero attached hydrogens (tertiary/aromatic N) is 1. The van der Waals surface area contributed by atoms with Crippen molar-refractivity contribution in [2.24, 2.45) is 0 Å². The van der Waals surface area contributed by atoms with Crippen molar-refractivity contribution in [3.63, 3.8) is 0 Å². The van der Waals surface area contributed by atoms with Crippen LogP contribution >= 0.6 is 44.9 Å². The van der Waals surface area contributed by atoms with Crippen molar-refractivity contribution in [1.82, 2.24) is 0 Å². The molecule has 0 fully saturated rings. The summed E-state index contributed by atoms with van der Waals surface area (Å²) in [5.74, 6) is -0.511. The highest BCUT2D eigenvalue weighted by atomic mass is 35.7. The number of amides is 1. The summed E-state index contributed by atoms with van der Waals surface area (Å²) in [6, 6.07) is 5.92. The monoisotopic (exact) mass is 369 g/mol. The number of ether oxygens (including phenoxy) is 1. The van der Waals surface area contributed by atoms with Crippen molar-refractivity contribution in [2.45, 2.75) is 30.4 Å². The first-order valence-corrected chi connectivity index (χ1v) is 8.91. The van der Waals surface area contributed by atoms with Gasteiger partial charge in [0.25, 0.3) is 9.57 Å². The van der Waals surface area contributed by atoms with Gasteiger partial charge in [0, 0.05) is 7.11 Å². The molecule has 1 amide bonds. The summed E-state index contributed by atoms with van der Waals surface area (Å²) in [6.07, 6.45) is 1.56. The first-order valence-electron chi connectivity index (χ1n) is 6.52. The van der Waals surface area contributed by atoms with Crippen molar-refractivity contribution in [3.05, 3.63) is 29.3 Å². The maximum Gasteiger partial charge on any atom is 0.277 e. The number of benzene rings is 1. The van der Waals surface area contributed by atoms with Crippen molar-refractivity contribution < 1.29 is 9.53 Å². The summed E-state index contributed by atoms with van der Waals surface area (Å²) in [5, 5.41) is 0. The van der Waals surface area contributed by atoms with Crippen LogP contribution in [0.5, 0.6) is 0 Å². The molecule has 118 valence electrons. The fraction of sp³-hybridized carbons (Fsp3) is 0.500. The highest BCUT2D eigenvalue weighted by Crippen LogP contribution is 2.41. The molecular weight excluding hydrogens is 353 g/mol. The van der Waals surface area contributed by atoms with E-state index in [1.807, 2.05) is 32.0 Å². The predicted molar refractivity (Wildman–Crippen MR) is 92.4 cm³/mol. The lowest BCUT2D eigenvalue weighted by molar-refractivity contribution is -0.118. The van der Waals surface area contributed by atoms with E-state index >= 15 is 0 Å². The van der Waals surface area contributed by atoms with Crippen LogP contribution in [0.25, 0.3) is 0 Å². The van der Waals surface area contributed by atoms with Crippen LogP contribution in [0.15, 0.2) is 18.2 Å².